The first-order chi connectivity index (χ1) is 10.1. The Morgan fingerprint density at radius 3 is 2.67 bits per heavy atom. The summed E-state index contributed by atoms with van der Waals surface area (Å²) in [6, 6.07) is 11.5. The third kappa shape index (κ3) is 6.07. The van der Waals surface area contributed by atoms with Crippen molar-refractivity contribution in [2.75, 3.05) is 5.75 Å². The summed E-state index contributed by atoms with van der Waals surface area (Å²) in [5.74, 6) is 1.58. The topological polar surface area (TPSA) is 54.6 Å². The van der Waals surface area contributed by atoms with Gasteiger partial charge in [-0.1, -0.05) is 28.1 Å². The predicted molar refractivity (Wildman–Crippen MR) is 92.4 cm³/mol. The molecule has 0 bridgehead atoms. The van der Waals surface area contributed by atoms with E-state index in [1.54, 1.807) is 12.1 Å². The first kappa shape index (κ1) is 16.3. The summed E-state index contributed by atoms with van der Waals surface area (Å²) in [6.07, 6.45) is 1.46. The zero-order valence-electron chi connectivity index (χ0n) is 10.9. The van der Waals surface area contributed by atoms with Crippen molar-refractivity contribution in [3.8, 4) is 0 Å². The molecule has 2 aromatic rings. The van der Waals surface area contributed by atoms with E-state index in [4.69, 9.17) is 4.42 Å². The number of rotatable bonds is 6. The van der Waals surface area contributed by atoms with Crippen LogP contribution in [0.5, 0.6) is 0 Å². The summed E-state index contributed by atoms with van der Waals surface area (Å²) in [5.41, 5.74) is 3.64. The van der Waals surface area contributed by atoms with Crippen molar-refractivity contribution in [2.24, 2.45) is 5.10 Å². The highest BCUT2D eigenvalue weighted by atomic mass is 79.9. The molecule has 0 unspecified atom stereocenters. The maximum atomic E-state index is 11.6. The van der Waals surface area contributed by atoms with Crippen LogP contribution in [0.25, 0.3) is 0 Å². The largest absolute Gasteiger partial charge is 0.448 e. The molecule has 0 saturated carbocycles. The second kappa shape index (κ2) is 8.41. The molecule has 0 radical (unpaired) electrons. The quantitative estimate of drug-likeness (QED) is 0.551. The van der Waals surface area contributed by atoms with Crippen molar-refractivity contribution in [1.82, 2.24) is 5.43 Å². The molecule has 0 aliphatic rings. The maximum Gasteiger partial charge on any atom is 0.250 e. The van der Waals surface area contributed by atoms with Gasteiger partial charge in [0.2, 0.25) is 5.91 Å². The Bertz CT molecular complexity index is 626. The van der Waals surface area contributed by atoms with Crippen LogP contribution in [0, 0.1) is 0 Å². The fourth-order valence-electron chi connectivity index (χ4n) is 1.44. The van der Waals surface area contributed by atoms with Crippen molar-refractivity contribution in [3.05, 3.63) is 56.9 Å². The SMILES string of the molecule is O=C(CSCc1ccc(Br)cc1)N/N=C/c1ccc(Br)o1. The molecular weight excluding hydrogens is 420 g/mol. The first-order valence-corrected chi connectivity index (χ1v) is 8.77. The van der Waals surface area contributed by atoms with Gasteiger partial charge < -0.3 is 4.42 Å². The number of hydrogen-bond acceptors (Lipinski definition) is 4. The molecule has 0 aliphatic carbocycles. The van der Waals surface area contributed by atoms with Crippen LogP contribution in [0.15, 0.2) is 55.1 Å². The van der Waals surface area contributed by atoms with Gasteiger partial charge in [0.05, 0.1) is 12.0 Å². The van der Waals surface area contributed by atoms with Crippen LogP contribution in [0.1, 0.15) is 11.3 Å². The Kier molecular flexibility index (Phi) is 6.53. The van der Waals surface area contributed by atoms with Crippen molar-refractivity contribution in [1.29, 1.82) is 0 Å². The molecule has 21 heavy (non-hydrogen) atoms. The number of hydrogen-bond donors (Lipinski definition) is 1. The van der Waals surface area contributed by atoms with Crippen LogP contribution in [0.3, 0.4) is 0 Å². The Morgan fingerprint density at radius 1 is 1.24 bits per heavy atom. The van der Waals surface area contributed by atoms with Crippen LogP contribution in [-0.2, 0) is 10.5 Å². The lowest BCUT2D eigenvalue weighted by atomic mass is 10.2. The molecule has 1 aromatic carbocycles. The number of nitrogens with zero attached hydrogens (tertiary/aromatic N) is 1. The number of benzene rings is 1. The van der Waals surface area contributed by atoms with E-state index < -0.39 is 0 Å². The molecule has 1 heterocycles. The van der Waals surface area contributed by atoms with Crippen LogP contribution in [0.2, 0.25) is 0 Å². The van der Waals surface area contributed by atoms with E-state index >= 15 is 0 Å². The third-order valence-corrected chi connectivity index (χ3v) is 4.35. The van der Waals surface area contributed by atoms with Crippen LogP contribution < -0.4 is 5.43 Å². The van der Waals surface area contributed by atoms with E-state index in [9.17, 15) is 4.79 Å². The Morgan fingerprint density at radius 2 is 2.00 bits per heavy atom. The second-order valence-electron chi connectivity index (χ2n) is 4.05. The molecule has 7 heteroatoms. The standard InChI is InChI=1S/C14H12Br2N2O2S/c15-11-3-1-10(2-4-11)8-21-9-14(19)18-17-7-12-5-6-13(16)20-12/h1-7H,8-9H2,(H,18,19)/b17-7+. The summed E-state index contributed by atoms with van der Waals surface area (Å²) in [6.45, 7) is 0. The van der Waals surface area contributed by atoms with Gasteiger partial charge in [-0.2, -0.15) is 5.10 Å². The molecule has 1 aromatic heterocycles. The monoisotopic (exact) mass is 430 g/mol. The fourth-order valence-corrected chi connectivity index (χ4v) is 2.80. The molecule has 0 saturated heterocycles. The maximum absolute atomic E-state index is 11.6. The minimum atomic E-state index is -0.140. The number of hydrazone groups is 1. The number of amides is 1. The Hall–Kier alpha value is -1.05. The van der Waals surface area contributed by atoms with Gasteiger partial charge in [0, 0.05) is 10.2 Å². The molecule has 1 amide bonds. The van der Waals surface area contributed by atoms with Gasteiger partial charge in [-0.3, -0.25) is 4.79 Å². The van der Waals surface area contributed by atoms with Crippen LogP contribution in [-0.4, -0.2) is 17.9 Å². The normalized spacial score (nSPS) is 11.0. The molecule has 2 rings (SSSR count). The van der Waals surface area contributed by atoms with E-state index in [0.717, 1.165) is 10.2 Å². The smallest absolute Gasteiger partial charge is 0.250 e. The fraction of sp³-hybridized carbons (Fsp3) is 0.143. The lowest BCUT2D eigenvalue weighted by Crippen LogP contribution is -2.19. The number of carbonyl (C=O) groups is 1. The molecular formula is C14H12Br2N2O2S. The summed E-state index contributed by atoms with van der Waals surface area (Å²) in [5, 5.41) is 3.83. The van der Waals surface area contributed by atoms with Crippen LogP contribution in [0.4, 0.5) is 0 Å². The minimum Gasteiger partial charge on any atom is -0.448 e. The van der Waals surface area contributed by atoms with Crippen molar-refractivity contribution >= 4 is 55.7 Å². The molecule has 0 spiro atoms. The van der Waals surface area contributed by atoms with Gasteiger partial charge in [-0.15, -0.1) is 11.8 Å². The molecule has 0 fully saturated rings. The highest BCUT2D eigenvalue weighted by Crippen LogP contribution is 2.15. The number of carbonyl (C=O) groups excluding carboxylic acids is 1. The zero-order valence-corrected chi connectivity index (χ0v) is 14.9. The molecule has 0 aliphatic heterocycles. The minimum absolute atomic E-state index is 0.140. The van der Waals surface area contributed by atoms with Crippen molar-refractivity contribution in [3.63, 3.8) is 0 Å². The molecule has 1 N–H and O–H groups in total. The van der Waals surface area contributed by atoms with E-state index in [-0.39, 0.29) is 5.91 Å². The average molecular weight is 432 g/mol. The number of furan rings is 1. The number of halogens is 2. The number of thioether (sulfide) groups is 1. The summed E-state index contributed by atoms with van der Waals surface area (Å²) < 4.78 is 6.90. The summed E-state index contributed by atoms with van der Waals surface area (Å²) >= 11 is 8.12. The van der Waals surface area contributed by atoms with E-state index in [2.05, 4.69) is 42.4 Å². The Balaban J connectivity index is 1.68. The van der Waals surface area contributed by atoms with Gasteiger partial charge in [-0.25, -0.2) is 5.43 Å². The highest BCUT2D eigenvalue weighted by Gasteiger charge is 2.01. The van der Waals surface area contributed by atoms with Gasteiger partial charge in [0.15, 0.2) is 4.67 Å². The highest BCUT2D eigenvalue weighted by molar-refractivity contribution is 9.10. The van der Waals surface area contributed by atoms with E-state index in [1.165, 1.54) is 23.5 Å². The first-order valence-electron chi connectivity index (χ1n) is 6.03. The predicted octanol–water partition coefficient (Wildman–Crippen LogP) is 4.19. The summed E-state index contributed by atoms with van der Waals surface area (Å²) in [4.78, 5) is 11.6. The zero-order chi connectivity index (χ0) is 15.1. The van der Waals surface area contributed by atoms with Gasteiger partial charge in [-0.05, 0) is 45.8 Å². The second-order valence-corrected chi connectivity index (χ2v) is 6.74. The number of nitrogens with one attached hydrogen (secondary N) is 1. The van der Waals surface area contributed by atoms with E-state index in [0.29, 0.717) is 16.2 Å². The lowest BCUT2D eigenvalue weighted by molar-refractivity contribution is -0.118. The average Bonchev–Trinajstić information content (AvgIpc) is 2.87. The van der Waals surface area contributed by atoms with Crippen molar-refractivity contribution < 1.29 is 9.21 Å². The molecule has 0 atom stereocenters. The van der Waals surface area contributed by atoms with Gasteiger partial charge in [0.25, 0.3) is 0 Å². The molecule has 110 valence electrons. The van der Waals surface area contributed by atoms with E-state index in [1.807, 2.05) is 24.3 Å². The third-order valence-electron chi connectivity index (χ3n) is 2.39. The van der Waals surface area contributed by atoms with Crippen molar-refractivity contribution in [2.45, 2.75) is 5.75 Å². The van der Waals surface area contributed by atoms with Gasteiger partial charge in [0.1, 0.15) is 5.76 Å². The summed E-state index contributed by atoms with van der Waals surface area (Å²) in [7, 11) is 0. The Labute approximate surface area is 143 Å². The van der Waals surface area contributed by atoms with Gasteiger partial charge >= 0.3 is 0 Å². The van der Waals surface area contributed by atoms with Crippen LogP contribution >= 0.6 is 43.6 Å². The molecule has 4 nitrogen and oxygen atoms in total. The lowest BCUT2D eigenvalue weighted by Gasteiger charge is -2.01.